The molecule has 0 aliphatic rings. The van der Waals surface area contributed by atoms with E-state index in [1.165, 1.54) is 0 Å². The van der Waals surface area contributed by atoms with Crippen LogP contribution in [0.2, 0.25) is 0 Å². The van der Waals surface area contributed by atoms with Crippen molar-refractivity contribution in [1.82, 2.24) is 0 Å². The van der Waals surface area contributed by atoms with Crippen LogP contribution in [0.25, 0.3) is 0 Å². The average molecular weight is 103 g/mol. The number of carbonyl (C=O) groups excluding carboxylic acids is 1. The summed E-state index contributed by atoms with van der Waals surface area (Å²) in [4.78, 5) is 9.80. The van der Waals surface area contributed by atoms with E-state index in [0.717, 1.165) is 0 Å². The van der Waals surface area contributed by atoms with E-state index in [0.29, 0.717) is 5.31 Å². The molecule has 6 heavy (non-hydrogen) atoms. The van der Waals surface area contributed by atoms with Crippen LogP contribution in [0.3, 0.4) is 0 Å². The third kappa shape index (κ3) is 1.91. The fourth-order valence-electron chi connectivity index (χ4n) is 0. The molecule has 0 bridgehead atoms. The first-order valence-electron chi connectivity index (χ1n) is 1.39. The van der Waals surface area contributed by atoms with Crippen LogP contribution in [0.5, 0.6) is 0 Å². The molecule has 0 radical (unpaired) electrons. The van der Waals surface area contributed by atoms with E-state index in [1.54, 1.807) is 0 Å². The van der Waals surface area contributed by atoms with Gasteiger partial charge in [0.25, 0.3) is 0 Å². The molecule has 0 rings (SSSR count). The Kier molecular flexibility index (Phi) is 1.82. The van der Waals surface area contributed by atoms with Gasteiger partial charge in [0.1, 0.15) is 0 Å². The first kappa shape index (κ1) is 5.64. The highest BCUT2D eigenvalue weighted by Crippen LogP contribution is 1.95. The number of nitrogens with two attached hydrogens (primary N) is 1. The van der Waals surface area contributed by atoms with Crippen molar-refractivity contribution in [3.63, 3.8) is 0 Å². The molecule has 3 heteroatoms. The zero-order valence-corrected chi connectivity index (χ0v) is 4.42. The topological polar surface area (TPSA) is 43.1 Å². The van der Waals surface area contributed by atoms with Crippen LogP contribution < -0.4 is 5.73 Å². The summed E-state index contributed by atoms with van der Waals surface area (Å²) in [6.07, 6.45) is 0. The Hall–Kier alpha value is -0.360. The lowest BCUT2D eigenvalue weighted by Crippen LogP contribution is -2.08. The highest BCUT2D eigenvalue weighted by Gasteiger charge is 1.87. The van der Waals surface area contributed by atoms with Gasteiger partial charge in [-0.05, 0) is 0 Å². The van der Waals surface area contributed by atoms with E-state index in [2.05, 4.69) is 21.6 Å². The fourth-order valence-corrected chi connectivity index (χ4v) is 0. The maximum atomic E-state index is 9.80. The van der Waals surface area contributed by atoms with Gasteiger partial charge < -0.3 is 5.73 Å². The van der Waals surface area contributed by atoms with Gasteiger partial charge in [0.05, 0.1) is 0 Å². The molecule has 1 atom stereocenters. The van der Waals surface area contributed by atoms with E-state index >= 15 is 0 Å². The average Bonchev–Trinajstić information content (AvgIpc) is 1.36. The van der Waals surface area contributed by atoms with Crippen LogP contribution in [0.4, 0.5) is 0 Å². The normalized spacial score (nSPS) is 7.50. The third-order valence-electron chi connectivity index (χ3n) is 0.316. The standard InChI is InChI=1S/C3H6NOP/c1-2(6)3(4)5/h1,6H2,(H2,4,5). The zero-order valence-electron chi connectivity index (χ0n) is 3.27. The summed E-state index contributed by atoms with van der Waals surface area (Å²) in [5.41, 5.74) is 4.68. The maximum Gasteiger partial charge on any atom is 0.247 e. The fraction of sp³-hybridized carbons (Fsp3) is 0. The van der Waals surface area contributed by atoms with Crippen molar-refractivity contribution in [2.45, 2.75) is 0 Å². The Morgan fingerprint density at radius 2 is 2.00 bits per heavy atom. The van der Waals surface area contributed by atoms with E-state index in [4.69, 9.17) is 0 Å². The SMILES string of the molecule is C=C(P)C(N)=O. The summed E-state index contributed by atoms with van der Waals surface area (Å²) in [5, 5.41) is 0.315. The Bertz CT molecular complexity index is 76.8. The quantitative estimate of drug-likeness (QED) is 0.364. The Labute approximate surface area is 38.6 Å². The van der Waals surface area contributed by atoms with Gasteiger partial charge in [-0.3, -0.25) is 4.79 Å². The van der Waals surface area contributed by atoms with Crippen LogP contribution in [0.1, 0.15) is 0 Å². The third-order valence-corrected chi connectivity index (χ3v) is 0.601. The minimum Gasteiger partial charge on any atom is -0.366 e. The van der Waals surface area contributed by atoms with E-state index in [9.17, 15) is 4.79 Å². The van der Waals surface area contributed by atoms with E-state index < -0.39 is 5.91 Å². The van der Waals surface area contributed by atoms with Crippen molar-refractivity contribution in [2.24, 2.45) is 5.73 Å². The lowest BCUT2D eigenvalue weighted by molar-refractivity contribution is -0.113. The molecule has 0 spiro atoms. The van der Waals surface area contributed by atoms with Gasteiger partial charge in [0.15, 0.2) is 0 Å². The van der Waals surface area contributed by atoms with Gasteiger partial charge in [-0.25, -0.2) is 0 Å². The summed E-state index contributed by atoms with van der Waals surface area (Å²) in [6.45, 7) is 3.24. The monoisotopic (exact) mass is 103 g/mol. The molecule has 1 unspecified atom stereocenters. The van der Waals surface area contributed by atoms with Gasteiger partial charge >= 0.3 is 0 Å². The number of carbonyl (C=O) groups is 1. The number of hydrogen-bond acceptors (Lipinski definition) is 1. The molecule has 0 aromatic heterocycles. The molecule has 0 saturated heterocycles. The van der Waals surface area contributed by atoms with Crippen molar-refractivity contribution in [3.8, 4) is 0 Å². The van der Waals surface area contributed by atoms with Gasteiger partial charge in [-0.2, -0.15) is 0 Å². The van der Waals surface area contributed by atoms with E-state index in [-0.39, 0.29) is 0 Å². The minimum atomic E-state index is -0.472. The Morgan fingerprint density at radius 1 is 1.83 bits per heavy atom. The van der Waals surface area contributed by atoms with Crippen LogP contribution in [-0.2, 0) is 4.79 Å². The lowest BCUT2D eigenvalue weighted by Gasteiger charge is -1.81. The van der Waals surface area contributed by atoms with Gasteiger partial charge in [0, 0.05) is 5.31 Å². The molecule has 0 aromatic carbocycles. The second-order valence-corrected chi connectivity index (χ2v) is 1.59. The number of rotatable bonds is 1. The predicted octanol–water partition coefficient (Wildman–Crippen LogP) is -0.139. The van der Waals surface area contributed by atoms with E-state index in [1.807, 2.05) is 0 Å². The second-order valence-electron chi connectivity index (χ2n) is 0.889. The Morgan fingerprint density at radius 3 is 2.00 bits per heavy atom. The highest BCUT2D eigenvalue weighted by molar-refractivity contribution is 7.24. The van der Waals surface area contributed by atoms with Crippen molar-refractivity contribution < 1.29 is 4.79 Å². The molecular weight excluding hydrogens is 97.0 g/mol. The van der Waals surface area contributed by atoms with Crippen LogP contribution in [0.15, 0.2) is 11.9 Å². The van der Waals surface area contributed by atoms with Gasteiger partial charge in [0.2, 0.25) is 5.91 Å². The van der Waals surface area contributed by atoms with Crippen molar-refractivity contribution in [3.05, 3.63) is 11.9 Å². The first-order chi connectivity index (χ1) is 2.64. The minimum absolute atomic E-state index is 0.315. The lowest BCUT2D eigenvalue weighted by atomic mass is 10.6. The molecular formula is C3H6NOP. The van der Waals surface area contributed by atoms with Gasteiger partial charge in [-0.1, -0.05) is 6.58 Å². The zero-order chi connectivity index (χ0) is 5.15. The molecule has 2 N–H and O–H groups in total. The summed E-state index contributed by atoms with van der Waals surface area (Å²) in [6, 6.07) is 0. The molecule has 0 aliphatic carbocycles. The largest absolute Gasteiger partial charge is 0.366 e. The summed E-state index contributed by atoms with van der Waals surface area (Å²) >= 11 is 0. The molecule has 0 fully saturated rings. The summed E-state index contributed by atoms with van der Waals surface area (Å²) in [5.74, 6) is -0.472. The first-order valence-corrected chi connectivity index (χ1v) is 1.96. The van der Waals surface area contributed by atoms with Crippen LogP contribution in [0, 0.1) is 0 Å². The molecule has 0 aromatic rings. The van der Waals surface area contributed by atoms with Crippen molar-refractivity contribution in [1.29, 1.82) is 0 Å². The van der Waals surface area contributed by atoms with Gasteiger partial charge in [-0.15, -0.1) is 9.24 Å². The molecule has 0 aliphatic heterocycles. The molecule has 34 valence electrons. The Balaban J connectivity index is 3.57. The number of hydrogen-bond donors (Lipinski definition) is 1. The molecule has 0 heterocycles. The smallest absolute Gasteiger partial charge is 0.247 e. The second kappa shape index (κ2) is 1.93. The molecule has 0 saturated carbocycles. The maximum absolute atomic E-state index is 9.80. The van der Waals surface area contributed by atoms with Crippen LogP contribution in [-0.4, -0.2) is 5.91 Å². The van der Waals surface area contributed by atoms with Crippen molar-refractivity contribution in [2.75, 3.05) is 0 Å². The molecule has 2 nitrogen and oxygen atoms in total. The summed E-state index contributed by atoms with van der Waals surface area (Å²) in [7, 11) is 2.10. The molecule has 1 amide bonds. The summed E-state index contributed by atoms with van der Waals surface area (Å²) < 4.78 is 0. The number of primary amides is 1. The van der Waals surface area contributed by atoms with Crippen LogP contribution >= 0.6 is 9.24 Å². The predicted molar refractivity (Wildman–Crippen MR) is 28.0 cm³/mol. The van der Waals surface area contributed by atoms with Crippen molar-refractivity contribution >= 4 is 15.1 Å². The highest BCUT2D eigenvalue weighted by atomic mass is 31.0. The number of amides is 1.